The minimum Gasteiger partial charge on any atom is -0.486 e. The summed E-state index contributed by atoms with van der Waals surface area (Å²) in [5, 5.41) is 0.659. The first-order chi connectivity index (χ1) is 8.15. The second kappa shape index (κ2) is 5.38. The molecule has 0 aliphatic heterocycles. The third-order valence-electron chi connectivity index (χ3n) is 2.10. The van der Waals surface area contributed by atoms with E-state index in [1.165, 1.54) is 0 Å². The molecule has 0 aliphatic carbocycles. The fourth-order valence-electron chi connectivity index (χ4n) is 1.32. The first-order valence-electron chi connectivity index (χ1n) is 4.94. The molecule has 0 aliphatic rings. The number of nitrogens with two attached hydrogens (primary N) is 1. The predicted octanol–water partition coefficient (Wildman–Crippen LogP) is 3.66. The van der Waals surface area contributed by atoms with Crippen LogP contribution in [0, 0.1) is 0 Å². The van der Waals surface area contributed by atoms with Crippen molar-refractivity contribution in [2.45, 2.75) is 6.61 Å². The highest BCUT2D eigenvalue weighted by Gasteiger charge is 2.03. The SMILES string of the molecule is Nc1cccc(COc2ccc(Cl)cc2Br)n1. The average molecular weight is 314 g/mol. The van der Waals surface area contributed by atoms with Crippen LogP contribution < -0.4 is 10.5 Å². The number of benzene rings is 1. The number of rotatable bonds is 3. The molecular formula is C12H10BrClN2O. The van der Waals surface area contributed by atoms with Gasteiger partial charge in [0.05, 0.1) is 10.2 Å². The van der Waals surface area contributed by atoms with Gasteiger partial charge in [-0.25, -0.2) is 4.98 Å². The molecule has 0 amide bonds. The Morgan fingerprint density at radius 1 is 1.29 bits per heavy atom. The Bertz CT molecular complexity index is 534. The van der Waals surface area contributed by atoms with Crippen LogP contribution in [0.4, 0.5) is 5.82 Å². The van der Waals surface area contributed by atoms with E-state index in [-0.39, 0.29) is 0 Å². The van der Waals surface area contributed by atoms with Crippen molar-refractivity contribution in [3.63, 3.8) is 0 Å². The Morgan fingerprint density at radius 3 is 2.82 bits per heavy atom. The van der Waals surface area contributed by atoms with Gasteiger partial charge in [0.2, 0.25) is 0 Å². The Labute approximate surface area is 113 Å². The molecule has 17 heavy (non-hydrogen) atoms. The monoisotopic (exact) mass is 312 g/mol. The van der Waals surface area contributed by atoms with Crippen LogP contribution >= 0.6 is 27.5 Å². The molecule has 0 radical (unpaired) electrons. The molecule has 5 heteroatoms. The van der Waals surface area contributed by atoms with Gasteiger partial charge < -0.3 is 10.5 Å². The molecule has 1 aromatic heterocycles. The van der Waals surface area contributed by atoms with Crippen LogP contribution in [0.25, 0.3) is 0 Å². The van der Waals surface area contributed by atoms with Gasteiger partial charge in [-0.15, -0.1) is 0 Å². The normalized spacial score (nSPS) is 10.2. The maximum Gasteiger partial charge on any atom is 0.134 e. The quantitative estimate of drug-likeness (QED) is 0.940. The van der Waals surface area contributed by atoms with E-state index < -0.39 is 0 Å². The minimum absolute atomic E-state index is 0.366. The van der Waals surface area contributed by atoms with Crippen LogP contribution in [0.2, 0.25) is 5.02 Å². The lowest BCUT2D eigenvalue weighted by Crippen LogP contribution is -2.00. The number of ether oxygens (including phenoxy) is 1. The van der Waals surface area contributed by atoms with E-state index in [1.807, 2.05) is 12.1 Å². The number of halogens is 2. The fraction of sp³-hybridized carbons (Fsp3) is 0.0833. The maximum absolute atomic E-state index is 5.84. The van der Waals surface area contributed by atoms with Crippen LogP contribution in [-0.4, -0.2) is 4.98 Å². The van der Waals surface area contributed by atoms with E-state index in [0.717, 1.165) is 15.9 Å². The van der Waals surface area contributed by atoms with Crippen molar-refractivity contribution in [3.05, 3.63) is 51.6 Å². The van der Waals surface area contributed by atoms with Gasteiger partial charge in [-0.1, -0.05) is 17.7 Å². The van der Waals surface area contributed by atoms with Crippen molar-refractivity contribution in [1.29, 1.82) is 0 Å². The molecular weight excluding hydrogens is 304 g/mol. The van der Waals surface area contributed by atoms with Crippen molar-refractivity contribution >= 4 is 33.3 Å². The van der Waals surface area contributed by atoms with Crippen molar-refractivity contribution in [1.82, 2.24) is 4.98 Å². The third-order valence-corrected chi connectivity index (χ3v) is 2.95. The van der Waals surface area contributed by atoms with Crippen molar-refractivity contribution in [2.24, 2.45) is 0 Å². The highest BCUT2D eigenvalue weighted by Crippen LogP contribution is 2.28. The maximum atomic E-state index is 5.84. The van der Waals surface area contributed by atoms with Crippen LogP contribution in [0.15, 0.2) is 40.9 Å². The lowest BCUT2D eigenvalue weighted by Gasteiger charge is -2.08. The number of nitrogen functional groups attached to an aromatic ring is 1. The van der Waals surface area contributed by atoms with Crippen LogP contribution in [-0.2, 0) is 6.61 Å². The molecule has 0 atom stereocenters. The number of hydrogen-bond donors (Lipinski definition) is 1. The fourth-order valence-corrected chi connectivity index (χ4v) is 2.12. The largest absolute Gasteiger partial charge is 0.486 e. The first-order valence-corrected chi connectivity index (χ1v) is 6.11. The topological polar surface area (TPSA) is 48.1 Å². The van der Waals surface area contributed by atoms with Crippen molar-refractivity contribution < 1.29 is 4.74 Å². The number of anilines is 1. The molecule has 0 saturated carbocycles. The van der Waals surface area contributed by atoms with E-state index in [4.69, 9.17) is 22.1 Å². The highest BCUT2D eigenvalue weighted by atomic mass is 79.9. The molecule has 2 aromatic rings. The third kappa shape index (κ3) is 3.35. The van der Waals surface area contributed by atoms with E-state index in [2.05, 4.69) is 20.9 Å². The molecule has 1 aromatic carbocycles. The summed E-state index contributed by atoms with van der Waals surface area (Å²) in [5.41, 5.74) is 6.37. The number of pyridine rings is 1. The summed E-state index contributed by atoms with van der Waals surface area (Å²) in [7, 11) is 0. The molecule has 0 spiro atoms. The Kier molecular flexibility index (Phi) is 3.86. The molecule has 88 valence electrons. The molecule has 1 heterocycles. The summed E-state index contributed by atoms with van der Waals surface area (Å²) < 4.78 is 6.42. The molecule has 0 saturated heterocycles. The second-order valence-electron chi connectivity index (χ2n) is 3.42. The van der Waals surface area contributed by atoms with Gasteiger partial charge in [-0.3, -0.25) is 0 Å². The molecule has 2 N–H and O–H groups in total. The summed E-state index contributed by atoms with van der Waals surface area (Å²) >= 11 is 9.22. The summed E-state index contributed by atoms with van der Waals surface area (Å²) in [5.74, 6) is 1.21. The zero-order chi connectivity index (χ0) is 12.3. The smallest absolute Gasteiger partial charge is 0.134 e. The zero-order valence-corrected chi connectivity index (χ0v) is 11.2. The summed E-state index contributed by atoms with van der Waals surface area (Å²) in [6.07, 6.45) is 0. The van der Waals surface area contributed by atoms with Crippen molar-refractivity contribution in [2.75, 3.05) is 5.73 Å². The van der Waals surface area contributed by atoms with Gasteiger partial charge in [-0.05, 0) is 46.3 Å². The molecule has 0 unspecified atom stereocenters. The summed E-state index contributed by atoms with van der Waals surface area (Å²) in [6.45, 7) is 0.366. The van der Waals surface area contributed by atoms with E-state index in [0.29, 0.717) is 17.4 Å². The average Bonchev–Trinajstić information content (AvgIpc) is 2.28. The lowest BCUT2D eigenvalue weighted by molar-refractivity contribution is 0.299. The zero-order valence-electron chi connectivity index (χ0n) is 8.86. The van der Waals surface area contributed by atoms with E-state index in [1.54, 1.807) is 24.3 Å². The van der Waals surface area contributed by atoms with E-state index >= 15 is 0 Å². The lowest BCUT2D eigenvalue weighted by atomic mass is 10.3. The Hall–Kier alpha value is -1.26. The van der Waals surface area contributed by atoms with Crippen molar-refractivity contribution in [3.8, 4) is 5.75 Å². The number of hydrogen-bond acceptors (Lipinski definition) is 3. The Balaban J connectivity index is 2.07. The van der Waals surface area contributed by atoms with Crippen LogP contribution in [0.1, 0.15) is 5.69 Å². The van der Waals surface area contributed by atoms with Gasteiger partial charge in [0.25, 0.3) is 0 Å². The minimum atomic E-state index is 0.366. The standard InChI is InChI=1S/C12H10BrClN2O/c13-10-6-8(14)4-5-11(10)17-7-9-2-1-3-12(15)16-9/h1-6H,7H2,(H2,15,16). The van der Waals surface area contributed by atoms with E-state index in [9.17, 15) is 0 Å². The van der Waals surface area contributed by atoms with Gasteiger partial charge in [0, 0.05) is 5.02 Å². The van der Waals surface area contributed by atoms with Gasteiger partial charge in [-0.2, -0.15) is 0 Å². The molecule has 0 fully saturated rings. The summed E-state index contributed by atoms with van der Waals surface area (Å²) in [6, 6.07) is 10.8. The van der Waals surface area contributed by atoms with Crippen LogP contribution in [0.5, 0.6) is 5.75 Å². The van der Waals surface area contributed by atoms with Gasteiger partial charge in [0.1, 0.15) is 18.2 Å². The number of aromatic nitrogens is 1. The predicted molar refractivity (Wildman–Crippen MR) is 72.1 cm³/mol. The summed E-state index contributed by atoms with van der Waals surface area (Å²) in [4.78, 5) is 4.15. The van der Waals surface area contributed by atoms with Crippen LogP contribution in [0.3, 0.4) is 0 Å². The first kappa shape index (κ1) is 12.2. The molecule has 2 rings (SSSR count). The Morgan fingerprint density at radius 2 is 2.12 bits per heavy atom. The van der Waals surface area contributed by atoms with Gasteiger partial charge in [0.15, 0.2) is 0 Å². The van der Waals surface area contributed by atoms with Gasteiger partial charge >= 0.3 is 0 Å². The second-order valence-corrected chi connectivity index (χ2v) is 4.71. The molecule has 0 bridgehead atoms. The highest BCUT2D eigenvalue weighted by molar-refractivity contribution is 9.10. The molecule has 3 nitrogen and oxygen atoms in total. The number of nitrogens with zero attached hydrogens (tertiary/aromatic N) is 1.